The van der Waals surface area contributed by atoms with Crippen LogP contribution in [0.5, 0.6) is 0 Å². The van der Waals surface area contributed by atoms with E-state index in [1.54, 1.807) is 0 Å². The molecule has 0 aliphatic heterocycles. The maximum Gasteiger partial charge on any atom is 0.321 e. The van der Waals surface area contributed by atoms with E-state index in [4.69, 9.17) is 10.8 Å². The molecule has 1 atom stereocenters. The van der Waals surface area contributed by atoms with Crippen LogP contribution in [0.3, 0.4) is 0 Å². The third kappa shape index (κ3) is 5.75. The Kier molecular flexibility index (Phi) is 3.78. The number of carboxylic acids is 1. The Bertz CT molecular complexity index is 217. The van der Waals surface area contributed by atoms with Gasteiger partial charge >= 0.3 is 5.97 Å². The molecule has 0 spiro atoms. The summed E-state index contributed by atoms with van der Waals surface area (Å²) in [6, 6.07) is -0.861. The molecule has 0 aromatic carbocycles. The largest absolute Gasteiger partial charge is 0.480 e. The van der Waals surface area contributed by atoms with Crippen molar-refractivity contribution in [2.75, 3.05) is 0 Å². The van der Waals surface area contributed by atoms with Gasteiger partial charge in [0, 0.05) is 11.8 Å². The number of carbonyl (C=O) groups is 1. The Morgan fingerprint density at radius 2 is 2.08 bits per heavy atom. The van der Waals surface area contributed by atoms with E-state index in [1.165, 1.54) is 0 Å². The molecule has 0 saturated heterocycles. The summed E-state index contributed by atoms with van der Waals surface area (Å²) in [6.45, 7) is 5.89. The van der Waals surface area contributed by atoms with Crippen LogP contribution < -0.4 is 5.73 Å². The first kappa shape index (κ1) is 11.0. The third-order valence-electron chi connectivity index (χ3n) is 1.10. The fourth-order valence-corrected chi connectivity index (χ4v) is 0.513. The predicted octanol–water partition coefficient (Wildman–Crippen LogP) is 0.838. The van der Waals surface area contributed by atoms with Crippen molar-refractivity contribution in [2.24, 2.45) is 11.1 Å². The fourth-order valence-electron chi connectivity index (χ4n) is 0.513. The smallest absolute Gasteiger partial charge is 0.321 e. The molecule has 0 amide bonds. The first-order valence-corrected chi connectivity index (χ1v) is 3.81. The van der Waals surface area contributed by atoms with Gasteiger partial charge < -0.3 is 10.8 Å². The van der Waals surface area contributed by atoms with Gasteiger partial charge in [-0.2, -0.15) is 0 Å². The molecule has 0 aliphatic carbocycles. The molecular formula is C9H15NO2. The zero-order valence-electron chi connectivity index (χ0n) is 7.72. The van der Waals surface area contributed by atoms with E-state index in [-0.39, 0.29) is 11.8 Å². The van der Waals surface area contributed by atoms with Crippen molar-refractivity contribution in [1.82, 2.24) is 0 Å². The van der Waals surface area contributed by atoms with E-state index in [2.05, 4.69) is 11.8 Å². The molecule has 0 aromatic rings. The Balaban J connectivity index is 3.96. The zero-order chi connectivity index (χ0) is 9.78. The van der Waals surface area contributed by atoms with Gasteiger partial charge in [-0.25, -0.2) is 0 Å². The van der Waals surface area contributed by atoms with Crippen molar-refractivity contribution in [1.29, 1.82) is 0 Å². The average molecular weight is 169 g/mol. The van der Waals surface area contributed by atoms with Crippen molar-refractivity contribution >= 4 is 5.97 Å². The molecule has 0 heterocycles. The van der Waals surface area contributed by atoms with Crippen LogP contribution in [0.4, 0.5) is 0 Å². The average Bonchev–Trinajstić information content (AvgIpc) is 1.84. The number of carboxylic acid groups (broad SMARTS) is 1. The summed E-state index contributed by atoms with van der Waals surface area (Å²) in [6.07, 6.45) is 0.215. The molecule has 0 fully saturated rings. The van der Waals surface area contributed by atoms with Gasteiger partial charge in [0.25, 0.3) is 0 Å². The maximum absolute atomic E-state index is 10.3. The second-order valence-corrected chi connectivity index (χ2v) is 3.70. The van der Waals surface area contributed by atoms with Gasteiger partial charge in [0.15, 0.2) is 0 Å². The number of hydrogen-bond donors (Lipinski definition) is 2. The van der Waals surface area contributed by atoms with Gasteiger partial charge in [-0.05, 0) is 20.8 Å². The van der Waals surface area contributed by atoms with E-state index in [0.29, 0.717) is 0 Å². The lowest BCUT2D eigenvalue weighted by molar-refractivity contribution is -0.138. The molecule has 3 N–H and O–H groups in total. The summed E-state index contributed by atoms with van der Waals surface area (Å²) in [4.78, 5) is 10.3. The second-order valence-electron chi connectivity index (χ2n) is 3.70. The molecule has 0 saturated carbocycles. The van der Waals surface area contributed by atoms with Crippen molar-refractivity contribution in [3.63, 3.8) is 0 Å². The van der Waals surface area contributed by atoms with Gasteiger partial charge in [-0.3, -0.25) is 4.79 Å². The molecule has 0 unspecified atom stereocenters. The van der Waals surface area contributed by atoms with Gasteiger partial charge in [0.1, 0.15) is 6.04 Å². The summed E-state index contributed by atoms with van der Waals surface area (Å²) in [5.41, 5.74) is 5.16. The highest BCUT2D eigenvalue weighted by Crippen LogP contribution is 2.09. The Labute approximate surface area is 73.0 Å². The summed E-state index contributed by atoms with van der Waals surface area (Å²) in [5.74, 6) is 4.66. The minimum atomic E-state index is -1.00. The molecule has 0 rings (SSSR count). The monoisotopic (exact) mass is 169 g/mol. The molecule has 3 nitrogen and oxygen atoms in total. The first-order valence-electron chi connectivity index (χ1n) is 3.81. The lowest BCUT2D eigenvalue weighted by Gasteiger charge is -2.07. The van der Waals surface area contributed by atoms with Crippen LogP contribution in [0, 0.1) is 17.3 Å². The summed E-state index contributed by atoms with van der Waals surface area (Å²) in [7, 11) is 0. The molecular weight excluding hydrogens is 154 g/mol. The highest BCUT2D eigenvalue weighted by Gasteiger charge is 2.09. The van der Waals surface area contributed by atoms with E-state index in [9.17, 15) is 4.79 Å². The van der Waals surface area contributed by atoms with Gasteiger partial charge in [-0.15, -0.1) is 5.92 Å². The van der Waals surface area contributed by atoms with Crippen LogP contribution in [0.15, 0.2) is 0 Å². The van der Waals surface area contributed by atoms with Crippen molar-refractivity contribution in [3.8, 4) is 11.8 Å². The molecule has 0 bridgehead atoms. The Morgan fingerprint density at radius 1 is 1.58 bits per heavy atom. The molecule has 12 heavy (non-hydrogen) atoms. The van der Waals surface area contributed by atoms with Crippen LogP contribution in [0.1, 0.15) is 27.2 Å². The molecule has 0 aliphatic rings. The third-order valence-corrected chi connectivity index (χ3v) is 1.10. The number of rotatable bonds is 2. The summed E-state index contributed by atoms with van der Waals surface area (Å²) < 4.78 is 0. The minimum Gasteiger partial charge on any atom is -0.480 e. The molecule has 3 heteroatoms. The van der Waals surface area contributed by atoms with E-state index < -0.39 is 12.0 Å². The van der Waals surface area contributed by atoms with E-state index >= 15 is 0 Å². The highest BCUT2D eigenvalue weighted by atomic mass is 16.4. The number of aliphatic carboxylic acids is 1. The van der Waals surface area contributed by atoms with Gasteiger partial charge in [0.2, 0.25) is 0 Å². The van der Waals surface area contributed by atoms with Crippen LogP contribution in [-0.4, -0.2) is 17.1 Å². The number of hydrogen-bond acceptors (Lipinski definition) is 2. The van der Waals surface area contributed by atoms with Gasteiger partial charge in [0.05, 0.1) is 0 Å². The van der Waals surface area contributed by atoms with Gasteiger partial charge in [-0.1, -0.05) is 5.92 Å². The fraction of sp³-hybridized carbons (Fsp3) is 0.667. The van der Waals surface area contributed by atoms with Crippen LogP contribution in [0.2, 0.25) is 0 Å². The maximum atomic E-state index is 10.3. The van der Waals surface area contributed by atoms with Crippen molar-refractivity contribution in [3.05, 3.63) is 0 Å². The topological polar surface area (TPSA) is 63.3 Å². The summed E-state index contributed by atoms with van der Waals surface area (Å²) >= 11 is 0. The van der Waals surface area contributed by atoms with Crippen molar-refractivity contribution < 1.29 is 9.90 Å². The second kappa shape index (κ2) is 4.13. The lowest BCUT2D eigenvalue weighted by Crippen LogP contribution is -2.29. The van der Waals surface area contributed by atoms with Crippen LogP contribution in [0.25, 0.3) is 0 Å². The Hall–Kier alpha value is -1.01. The minimum absolute atomic E-state index is 0.0851. The van der Waals surface area contributed by atoms with E-state index in [0.717, 1.165) is 0 Å². The normalized spacial score (nSPS) is 13.0. The SMILES string of the molecule is CC(C)(C)C#CC[C@@H](N)C(=O)O. The molecule has 0 aromatic heterocycles. The predicted molar refractivity (Wildman–Crippen MR) is 47.5 cm³/mol. The quantitative estimate of drug-likeness (QED) is 0.602. The lowest BCUT2D eigenvalue weighted by atomic mass is 9.97. The molecule has 68 valence electrons. The Morgan fingerprint density at radius 3 is 2.42 bits per heavy atom. The highest BCUT2D eigenvalue weighted by molar-refractivity contribution is 5.73. The zero-order valence-corrected chi connectivity index (χ0v) is 7.72. The summed E-state index contributed by atoms with van der Waals surface area (Å²) in [5, 5.41) is 8.42. The standard InChI is InChI=1S/C9H15NO2/c1-9(2,3)6-4-5-7(10)8(11)12/h7H,5,10H2,1-3H3,(H,11,12)/t7-/m1/s1. The van der Waals surface area contributed by atoms with Crippen LogP contribution in [-0.2, 0) is 4.79 Å². The first-order chi connectivity index (χ1) is 5.33. The molecule has 0 radical (unpaired) electrons. The number of nitrogens with two attached hydrogens (primary N) is 1. The van der Waals surface area contributed by atoms with E-state index in [1.807, 2.05) is 20.8 Å². The van der Waals surface area contributed by atoms with Crippen LogP contribution >= 0.6 is 0 Å². The van der Waals surface area contributed by atoms with Crippen molar-refractivity contribution in [2.45, 2.75) is 33.2 Å².